The third-order valence-electron chi connectivity index (χ3n) is 4.99. The van der Waals surface area contributed by atoms with E-state index in [4.69, 9.17) is 9.47 Å². The first kappa shape index (κ1) is 17.6. The second-order valence-electron chi connectivity index (χ2n) is 6.32. The van der Waals surface area contributed by atoms with Crippen LogP contribution < -0.4 is 0 Å². The zero-order valence-corrected chi connectivity index (χ0v) is 14.2. The summed E-state index contributed by atoms with van der Waals surface area (Å²) in [7, 11) is 2.40. The van der Waals surface area contributed by atoms with Crippen LogP contribution in [0.3, 0.4) is 0 Å². The number of esters is 2. The molecule has 0 unspecified atom stereocenters. The van der Waals surface area contributed by atoms with Gasteiger partial charge in [0.05, 0.1) is 39.6 Å². The van der Waals surface area contributed by atoms with Gasteiger partial charge in [-0.25, -0.2) is 14.3 Å². The first-order valence-corrected chi connectivity index (χ1v) is 8.06. The van der Waals surface area contributed by atoms with Crippen LogP contribution in [0.4, 0.5) is 0 Å². The van der Waals surface area contributed by atoms with Crippen molar-refractivity contribution < 1.29 is 28.9 Å². The fourth-order valence-corrected chi connectivity index (χ4v) is 3.61. The molecule has 3 rings (SSSR count). The zero-order chi connectivity index (χ0) is 18.0. The third-order valence-corrected chi connectivity index (χ3v) is 4.99. The number of methoxy groups -OCH3 is 2. The number of aromatic nitrogens is 3. The number of ether oxygens (including phenoxy) is 3. The number of carbonyl (C=O) groups is 2. The molecule has 1 saturated carbocycles. The van der Waals surface area contributed by atoms with Crippen LogP contribution in [0.25, 0.3) is 0 Å². The average Bonchev–Trinajstić information content (AvgIpc) is 3.08. The molecule has 9 nitrogen and oxygen atoms in total. The second kappa shape index (κ2) is 6.93. The molecule has 25 heavy (non-hydrogen) atoms. The molecule has 1 spiro atoms. The summed E-state index contributed by atoms with van der Waals surface area (Å²) in [6.45, 7) is 0.937. The molecule has 2 heterocycles. The Morgan fingerprint density at radius 3 is 2.80 bits per heavy atom. The molecule has 9 heteroatoms. The normalized spacial score (nSPS) is 28.8. The van der Waals surface area contributed by atoms with Gasteiger partial charge >= 0.3 is 11.9 Å². The zero-order valence-electron chi connectivity index (χ0n) is 14.2. The standard InChI is InChI=1S/C16H21N3O6/c1-23-14(21)11-12(15(22)24-2)19(18-17-11)10-5-7-16(13(10)20)6-3-4-8-25-9-16/h3-4,10,13,20H,5-9H2,1-2H3/t10-,13+,16+/m1/s1. The molecular formula is C16H21N3O6. The van der Waals surface area contributed by atoms with E-state index in [0.29, 0.717) is 32.5 Å². The van der Waals surface area contributed by atoms with E-state index in [2.05, 4.69) is 15.0 Å². The predicted molar refractivity (Wildman–Crippen MR) is 84.0 cm³/mol. The lowest BCUT2D eigenvalue weighted by molar-refractivity contribution is -0.0290. The third kappa shape index (κ3) is 2.93. The minimum absolute atomic E-state index is 0.111. The van der Waals surface area contributed by atoms with E-state index in [-0.39, 0.29) is 11.4 Å². The van der Waals surface area contributed by atoms with Crippen molar-refractivity contribution in [1.82, 2.24) is 15.0 Å². The smallest absolute Gasteiger partial charge is 0.361 e. The molecule has 1 aliphatic carbocycles. The Balaban J connectivity index is 1.97. The quantitative estimate of drug-likeness (QED) is 0.619. The van der Waals surface area contributed by atoms with E-state index in [1.165, 1.54) is 18.9 Å². The molecule has 0 aromatic carbocycles. The number of hydrogen-bond acceptors (Lipinski definition) is 8. The van der Waals surface area contributed by atoms with Crippen molar-refractivity contribution in [3.05, 3.63) is 23.5 Å². The van der Waals surface area contributed by atoms with E-state index in [1.54, 1.807) is 0 Å². The number of aliphatic hydroxyl groups is 1. The molecule has 0 saturated heterocycles. The Kier molecular flexibility index (Phi) is 4.87. The van der Waals surface area contributed by atoms with Crippen LogP contribution in [0.2, 0.25) is 0 Å². The molecular weight excluding hydrogens is 330 g/mol. The fraction of sp³-hybridized carbons (Fsp3) is 0.625. The van der Waals surface area contributed by atoms with Crippen LogP contribution in [0.5, 0.6) is 0 Å². The van der Waals surface area contributed by atoms with Gasteiger partial charge in [0.1, 0.15) is 0 Å². The van der Waals surface area contributed by atoms with Gasteiger partial charge in [0.25, 0.3) is 0 Å². The van der Waals surface area contributed by atoms with Crippen LogP contribution in [-0.2, 0) is 14.2 Å². The molecule has 3 atom stereocenters. The van der Waals surface area contributed by atoms with Crippen molar-refractivity contribution in [2.24, 2.45) is 5.41 Å². The number of nitrogens with zero attached hydrogens (tertiary/aromatic N) is 3. The highest BCUT2D eigenvalue weighted by Gasteiger charge is 2.50. The molecule has 2 aliphatic rings. The molecule has 1 fully saturated rings. The number of rotatable bonds is 3. The summed E-state index contributed by atoms with van der Waals surface area (Å²) in [5, 5.41) is 18.7. The minimum atomic E-state index is -0.800. The highest BCUT2D eigenvalue weighted by Crippen LogP contribution is 2.48. The van der Waals surface area contributed by atoms with Crippen LogP contribution in [0.1, 0.15) is 46.3 Å². The van der Waals surface area contributed by atoms with Gasteiger partial charge in [-0.3, -0.25) is 0 Å². The Hall–Kier alpha value is -2.26. The summed E-state index contributed by atoms with van der Waals surface area (Å²) in [6, 6.07) is -0.505. The lowest BCUT2D eigenvalue weighted by atomic mass is 9.81. The van der Waals surface area contributed by atoms with E-state index in [0.717, 1.165) is 0 Å². The summed E-state index contributed by atoms with van der Waals surface area (Å²) in [5.74, 6) is -1.54. The van der Waals surface area contributed by atoms with Crippen molar-refractivity contribution in [3.63, 3.8) is 0 Å². The summed E-state index contributed by atoms with van der Waals surface area (Å²) < 4.78 is 16.3. The maximum Gasteiger partial charge on any atom is 0.361 e. The predicted octanol–water partition coefficient (Wildman–Crippen LogP) is 0.510. The molecule has 1 aromatic rings. The van der Waals surface area contributed by atoms with E-state index in [9.17, 15) is 14.7 Å². The van der Waals surface area contributed by atoms with E-state index >= 15 is 0 Å². The van der Waals surface area contributed by atoms with Gasteiger partial charge in [-0.2, -0.15) is 0 Å². The van der Waals surface area contributed by atoms with Crippen LogP contribution >= 0.6 is 0 Å². The Morgan fingerprint density at radius 1 is 1.32 bits per heavy atom. The van der Waals surface area contributed by atoms with Gasteiger partial charge in [-0.15, -0.1) is 5.10 Å². The lowest BCUT2D eigenvalue weighted by Gasteiger charge is -2.32. The summed E-state index contributed by atoms with van der Waals surface area (Å²) >= 11 is 0. The fourth-order valence-electron chi connectivity index (χ4n) is 3.61. The number of carbonyl (C=O) groups excluding carboxylic acids is 2. The van der Waals surface area contributed by atoms with Gasteiger partial charge in [-0.05, 0) is 19.3 Å². The molecule has 0 radical (unpaired) electrons. The van der Waals surface area contributed by atoms with Crippen LogP contribution in [-0.4, -0.2) is 65.6 Å². The highest BCUT2D eigenvalue weighted by molar-refractivity contribution is 6.00. The second-order valence-corrected chi connectivity index (χ2v) is 6.32. The monoisotopic (exact) mass is 351 g/mol. The van der Waals surface area contributed by atoms with Gasteiger partial charge in [0.2, 0.25) is 5.69 Å². The van der Waals surface area contributed by atoms with Crippen molar-refractivity contribution >= 4 is 11.9 Å². The Labute approximate surface area is 144 Å². The van der Waals surface area contributed by atoms with Gasteiger partial charge in [-0.1, -0.05) is 17.4 Å². The van der Waals surface area contributed by atoms with Gasteiger partial charge in [0, 0.05) is 5.41 Å². The Bertz CT molecular complexity index is 700. The van der Waals surface area contributed by atoms with Gasteiger partial charge in [0.15, 0.2) is 5.69 Å². The summed E-state index contributed by atoms with van der Waals surface area (Å²) in [6.07, 6.45) is 5.09. The SMILES string of the molecule is COC(=O)c1nnn([C@@H]2CC[C@]3(CC=CCOC3)[C@H]2O)c1C(=O)OC. The topological polar surface area (TPSA) is 113 Å². The lowest BCUT2D eigenvalue weighted by Crippen LogP contribution is -2.38. The maximum absolute atomic E-state index is 12.2. The molecule has 1 N–H and O–H groups in total. The minimum Gasteiger partial charge on any atom is -0.464 e. The number of hydrogen-bond donors (Lipinski definition) is 1. The maximum atomic E-state index is 12.2. The van der Waals surface area contributed by atoms with Gasteiger partial charge < -0.3 is 19.3 Å². The molecule has 0 amide bonds. The first-order valence-electron chi connectivity index (χ1n) is 8.06. The van der Waals surface area contributed by atoms with E-state index < -0.39 is 29.5 Å². The molecule has 136 valence electrons. The van der Waals surface area contributed by atoms with Crippen LogP contribution in [0.15, 0.2) is 12.2 Å². The van der Waals surface area contributed by atoms with Crippen molar-refractivity contribution in [3.8, 4) is 0 Å². The number of allylic oxidation sites excluding steroid dienone is 1. The summed E-state index contributed by atoms with van der Waals surface area (Å²) in [4.78, 5) is 24.0. The molecule has 0 bridgehead atoms. The molecule has 1 aromatic heterocycles. The average molecular weight is 351 g/mol. The summed E-state index contributed by atoms with van der Waals surface area (Å²) in [5.41, 5.74) is -0.775. The van der Waals surface area contributed by atoms with Crippen LogP contribution in [0, 0.1) is 5.41 Å². The van der Waals surface area contributed by atoms with Crippen molar-refractivity contribution in [2.75, 3.05) is 27.4 Å². The first-order chi connectivity index (χ1) is 12.0. The van der Waals surface area contributed by atoms with E-state index in [1.807, 2.05) is 12.2 Å². The number of aliphatic hydroxyl groups excluding tert-OH is 1. The van der Waals surface area contributed by atoms with Crippen molar-refractivity contribution in [1.29, 1.82) is 0 Å². The largest absolute Gasteiger partial charge is 0.464 e. The van der Waals surface area contributed by atoms with Crippen molar-refractivity contribution in [2.45, 2.75) is 31.4 Å². The highest BCUT2D eigenvalue weighted by atomic mass is 16.5. The molecule has 1 aliphatic heterocycles. The Morgan fingerprint density at radius 2 is 2.08 bits per heavy atom.